The van der Waals surface area contributed by atoms with E-state index in [9.17, 15) is 4.79 Å². The Hall–Kier alpha value is -1.51. The highest BCUT2D eigenvalue weighted by Gasteiger charge is 2.22. The van der Waals surface area contributed by atoms with Crippen molar-refractivity contribution in [3.05, 3.63) is 23.8 Å². The maximum Gasteiger partial charge on any atom is 0.227 e. The van der Waals surface area contributed by atoms with Crippen LogP contribution in [0.4, 0.5) is 11.4 Å². The number of hydrogen-bond donors (Lipinski definition) is 2. The molecule has 1 amide bonds. The highest BCUT2D eigenvalue weighted by molar-refractivity contribution is 5.93. The molecule has 0 unspecified atom stereocenters. The molecule has 17 heavy (non-hydrogen) atoms. The third kappa shape index (κ3) is 2.14. The van der Waals surface area contributed by atoms with Crippen molar-refractivity contribution in [3.63, 3.8) is 0 Å². The summed E-state index contributed by atoms with van der Waals surface area (Å²) in [5.74, 6) is 0.440. The molecule has 1 saturated carbocycles. The number of anilines is 2. The molecule has 0 radical (unpaired) electrons. The molecular formula is C14H18N2O. The molecule has 0 atom stereocenters. The minimum absolute atomic E-state index is 0.202. The zero-order valence-electron chi connectivity index (χ0n) is 9.96. The van der Waals surface area contributed by atoms with Crippen LogP contribution in [-0.2, 0) is 11.2 Å². The van der Waals surface area contributed by atoms with Crippen molar-refractivity contribution in [2.45, 2.75) is 32.1 Å². The van der Waals surface area contributed by atoms with Crippen LogP contribution in [0.3, 0.4) is 0 Å². The lowest BCUT2D eigenvalue weighted by atomic mass is 10.1. The van der Waals surface area contributed by atoms with E-state index in [1.54, 1.807) is 0 Å². The fourth-order valence-corrected chi connectivity index (χ4v) is 2.81. The van der Waals surface area contributed by atoms with E-state index in [4.69, 9.17) is 0 Å². The largest absolute Gasteiger partial charge is 0.384 e. The van der Waals surface area contributed by atoms with E-state index in [0.717, 1.165) is 31.5 Å². The number of carbonyl (C=O) groups is 1. The number of fused-ring (bicyclic) bond motifs is 1. The second-order valence-corrected chi connectivity index (χ2v) is 5.02. The van der Waals surface area contributed by atoms with Crippen LogP contribution in [0.25, 0.3) is 0 Å². The van der Waals surface area contributed by atoms with Crippen molar-refractivity contribution < 1.29 is 4.79 Å². The zero-order chi connectivity index (χ0) is 11.7. The number of benzene rings is 1. The van der Waals surface area contributed by atoms with Crippen LogP contribution in [-0.4, -0.2) is 12.5 Å². The fourth-order valence-electron chi connectivity index (χ4n) is 2.81. The highest BCUT2D eigenvalue weighted by Crippen LogP contribution is 2.28. The average molecular weight is 230 g/mol. The zero-order valence-corrected chi connectivity index (χ0v) is 9.96. The first-order valence-electron chi connectivity index (χ1n) is 6.50. The molecular weight excluding hydrogens is 212 g/mol. The van der Waals surface area contributed by atoms with E-state index in [1.165, 1.54) is 24.1 Å². The first-order chi connectivity index (χ1) is 8.33. The van der Waals surface area contributed by atoms with Crippen molar-refractivity contribution in [2.75, 3.05) is 17.2 Å². The van der Waals surface area contributed by atoms with Crippen molar-refractivity contribution in [1.82, 2.24) is 0 Å². The number of hydrogen-bond acceptors (Lipinski definition) is 2. The van der Waals surface area contributed by atoms with Gasteiger partial charge in [0, 0.05) is 23.8 Å². The summed E-state index contributed by atoms with van der Waals surface area (Å²) >= 11 is 0. The molecule has 1 aliphatic carbocycles. The molecule has 2 aliphatic rings. The van der Waals surface area contributed by atoms with E-state index in [-0.39, 0.29) is 11.8 Å². The van der Waals surface area contributed by atoms with Crippen LogP contribution in [0.15, 0.2) is 18.2 Å². The van der Waals surface area contributed by atoms with Gasteiger partial charge in [0.15, 0.2) is 0 Å². The molecule has 2 N–H and O–H groups in total. The van der Waals surface area contributed by atoms with Crippen LogP contribution >= 0.6 is 0 Å². The summed E-state index contributed by atoms with van der Waals surface area (Å²) in [4.78, 5) is 12.0. The number of amides is 1. The molecule has 1 fully saturated rings. The van der Waals surface area contributed by atoms with Gasteiger partial charge in [-0.15, -0.1) is 0 Å². The second kappa shape index (κ2) is 4.40. The topological polar surface area (TPSA) is 41.1 Å². The summed E-state index contributed by atoms with van der Waals surface area (Å²) in [6.45, 7) is 1.01. The SMILES string of the molecule is O=C(Nc1ccc2c(c1)CCN2)C1CCCC1. The van der Waals surface area contributed by atoms with Crippen LogP contribution in [0.2, 0.25) is 0 Å². The molecule has 1 heterocycles. The van der Waals surface area contributed by atoms with Crippen LogP contribution in [0, 0.1) is 5.92 Å². The Labute approximate surface area is 102 Å². The maximum atomic E-state index is 12.0. The van der Waals surface area contributed by atoms with Gasteiger partial charge in [-0.05, 0) is 43.0 Å². The summed E-state index contributed by atoms with van der Waals surface area (Å²) in [5, 5.41) is 6.37. The average Bonchev–Trinajstić information content (AvgIpc) is 2.99. The predicted octanol–water partition coefficient (Wildman–Crippen LogP) is 2.78. The smallest absolute Gasteiger partial charge is 0.227 e. The van der Waals surface area contributed by atoms with E-state index >= 15 is 0 Å². The van der Waals surface area contributed by atoms with Crippen molar-refractivity contribution in [3.8, 4) is 0 Å². The summed E-state index contributed by atoms with van der Waals surface area (Å²) in [6.07, 6.45) is 5.57. The van der Waals surface area contributed by atoms with Crippen LogP contribution in [0.5, 0.6) is 0 Å². The Morgan fingerprint density at radius 1 is 1.29 bits per heavy atom. The molecule has 90 valence electrons. The highest BCUT2D eigenvalue weighted by atomic mass is 16.1. The predicted molar refractivity (Wildman–Crippen MR) is 69.2 cm³/mol. The maximum absolute atomic E-state index is 12.0. The monoisotopic (exact) mass is 230 g/mol. The molecule has 0 spiro atoms. The van der Waals surface area contributed by atoms with E-state index in [0.29, 0.717) is 0 Å². The van der Waals surface area contributed by atoms with Crippen molar-refractivity contribution in [1.29, 1.82) is 0 Å². The van der Waals surface area contributed by atoms with E-state index in [2.05, 4.69) is 22.8 Å². The quantitative estimate of drug-likeness (QED) is 0.820. The molecule has 1 aromatic rings. The molecule has 3 rings (SSSR count). The Kier molecular flexibility index (Phi) is 2.75. The Morgan fingerprint density at radius 2 is 2.12 bits per heavy atom. The normalized spacial score (nSPS) is 18.8. The standard InChI is InChI=1S/C14H18N2O/c17-14(10-3-1-2-4-10)16-12-5-6-13-11(9-12)7-8-15-13/h5-6,9-10,15H,1-4,7-8H2,(H,16,17). The molecule has 1 aliphatic heterocycles. The lowest BCUT2D eigenvalue weighted by Gasteiger charge is -2.11. The summed E-state index contributed by atoms with van der Waals surface area (Å²) in [5.41, 5.74) is 3.47. The van der Waals surface area contributed by atoms with Gasteiger partial charge in [-0.1, -0.05) is 12.8 Å². The lowest BCUT2D eigenvalue weighted by molar-refractivity contribution is -0.119. The van der Waals surface area contributed by atoms with Gasteiger partial charge in [-0.25, -0.2) is 0 Å². The van der Waals surface area contributed by atoms with Gasteiger partial charge in [-0.2, -0.15) is 0 Å². The molecule has 1 aromatic carbocycles. The van der Waals surface area contributed by atoms with Crippen molar-refractivity contribution >= 4 is 17.3 Å². The third-order valence-electron chi connectivity index (χ3n) is 3.81. The van der Waals surface area contributed by atoms with Crippen LogP contribution < -0.4 is 10.6 Å². The fraction of sp³-hybridized carbons (Fsp3) is 0.500. The number of nitrogens with one attached hydrogen (secondary N) is 2. The molecule has 0 saturated heterocycles. The Bertz CT molecular complexity index is 436. The summed E-state index contributed by atoms with van der Waals surface area (Å²) in [7, 11) is 0. The van der Waals surface area contributed by atoms with Gasteiger partial charge in [0.1, 0.15) is 0 Å². The van der Waals surface area contributed by atoms with Crippen LogP contribution in [0.1, 0.15) is 31.2 Å². The van der Waals surface area contributed by atoms with Gasteiger partial charge >= 0.3 is 0 Å². The van der Waals surface area contributed by atoms with E-state index in [1.807, 2.05) is 6.07 Å². The van der Waals surface area contributed by atoms with Gasteiger partial charge in [0.25, 0.3) is 0 Å². The molecule has 0 bridgehead atoms. The first kappa shape index (κ1) is 10.6. The minimum atomic E-state index is 0.202. The number of rotatable bonds is 2. The van der Waals surface area contributed by atoms with Gasteiger partial charge in [0.05, 0.1) is 0 Å². The summed E-state index contributed by atoms with van der Waals surface area (Å²) < 4.78 is 0. The Balaban J connectivity index is 1.70. The lowest BCUT2D eigenvalue weighted by Crippen LogP contribution is -2.20. The van der Waals surface area contributed by atoms with Gasteiger partial charge in [0.2, 0.25) is 5.91 Å². The molecule has 3 nitrogen and oxygen atoms in total. The third-order valence-corrected chi connectivity index (χ3v) is 3.81. The molecule has 0 aromatic heterocycles. The van der Waals surface area contributed by atoms with E-state index < -0.39 is 0 Å². The van der Waals surface area contributed by atoms with Gasteiger partial charge < -0.3 is 10.6 Å². The second-order valence-electron chi connectivity index (χ2n) is 5.02. The molecule has 3 heteroatoms. The Morgan fingerprint density at radius 3 is 2.94 bits per heavy atom. The number of carbonyl (C=O) groups excluding carboxylic acids is 1. The van der Waals surface area contributed by atoms with Crippen molar-refractivity contribution in [2.24, 2.45) is 5.92 Å². The van der Waals surface area contributed by atoms with Gasteiger partial charge in [-0.3, -0.25) is 4.79 Å². The summed E-state index contributed by atoms with van der Waals surface area (Å²) in [6, 6.07) is 6.15. The first-order valence-corrected chi connectivity index (χ1v) is 6.50. The minimum Gasteiger partial charge on any atom is -0.384 e.